The topological polar surface area (TPSA) is 98.5 Å². The van der Waals surface area contributed by atoms with Gasteiger partial charge in [0, 0.05) is 6.54 Å². The zero-order valence-corrected chi connectivity index (χ0v) is 12.4. The molecule has 1 aromatic rings. The van der Waals surface area contributed by atoms with E-state index in [-0.39, 0.29) is 12.5 Å². The summed E-state index contributed by atoms with van der Waals surface area (Å²) in [4.78, 5) is 10.3. The average molecular weight is 314 g/mol. The Bertz CT molecular complexity index is 680. The van der Waals surface area contributed by atoms with Crippen LogP contribution in [0.15, 0.2) is 23.1 Å². The molecule has 0 fully saturated rings. The summed E-state index contributed by atoms with van der Waals surface area (Å²) in [6, 6.07) is 4.73. The third-order valence-corrected chi connectivity index (χ3v) is 4.44. The molecule has 0 radical (unpaired) electrons. The van der Waals surface area contributed by atoms with Crippen LogP contribution < -0.4 is 0 Å². The van der Waals surface area contributed by atoms with E-state index in [1.807, 2.05) is 0 Å². The lowest BCUT2D eigenvalue weighted by molar-refractivity contribution is -0.137. The molecule has 21 heavy (non-hydrogen) atoms. The second-order valence-corrected chi connectivity index (χ2v) is 6.72. The van der Waals surface area contributed by atoms with Gasteiger partial charge in [-0.2, -0.15) is 9.57 Å². The number of halogens is 1. The molecule has 0 aliphatic rings. The minimum atomic E-state index is -4.27. The van der Waals surface area contributed by atoms with Crippen LogP contribution in [0.25, 0.3) is 0 Å². The lowest BCUT2D eigenvalue weighted by atomic mass is 10.2. The predicted molar refractivity (Wildman–Crippen MR) is 72.3 cm³/mol. The zero-order valence-electron chi connectivity index (χ0n) is 11.6. The number of aliphatic carboxylic acids is 1. The molecule has 0 aromatic heterocycles. The molecule has 8 heteroatoms. The lowest BCUT2D eigenvalue weighted by Gasteiger charge is -2.22. The molecule has 114 valence electrons. The van der Waals surface area contributed by atoms with Gasteiger partial charge in [-0.1, -0.05) is 19.9 Å². The van der Waals surface area contributed by atoms with Gasteiger partial charge in [0.2, 0.25) is 10.0 Å². The van der Waals surface area contributed by atoms with E-state index >= 15 is 0 Å². The van der Waals surface area contributed by atoms with Crippen molar-refractivity contribution in [2.75, 3.05) is 13.1 Å². The van der Waals surface area contributed by atoms with Crippen molar-refractivity contribution in [3.05, 3.63) is 29.6 Å². The van der Waals surface area contributed by atoms with Crippen molar-refractivity contribution in [2.24, 2.45) is 5.92 Å². The Hall–Kier alpha value is -1.98. The Kier molecular flexibility index (Phi) is 5.41. The third-order valence-electron chi connectivity index (χ3n) is 2.59. The van der Waals surface area contributed by atoms with Crippen LogP contribution in [-0.4, -0.2) is 36.9 Å². The van der Waals surface area contributed by atoms with Crippen LogP contribution in [-0.2, 0) is 14.8 Å². The number of hydrogen-bond acceptors (Lipinski definition) is 4. The quantitative estimate of drug-likeness (QED) is 0.856. The standard InChI is InChI=1S/C13H15FN2O4S/c1-9(2)7-16(8-13(17)18)21(19,20)12-5-3-4-11(14)10(12)6-15/h3-5,9H,7-8H2,1-2H3,(H,17,18). The van der Waals surface area contributed by atoms with Gasteiger partial charge in [0.05, 0.1) is 0 Å². The average Bonchev–Trinajstić information content (AvgIpc) is 2.36. The summed E-state index contributed by atoms with van der Waals surface area (Å²) in [7, 11) is -4.27. The Morgan fingerprint density at radius 1 is 1.48 bits per heavy atom. The lowest BCUT2D eigenvalue weighted by Crippen LogP contribution is -2.38. The van der Waals surface area contributed by atoms with Crippen LogP contribution in [0.1, 0.15) is 19.4 Å². The highest BCUT2D eigenvalue weighted by atomic mass is 32.2. The Balaban J connectivity index is 3.39. The molecule has 0 unspecified atom stereocenters. The van der Waals surface area contributed by atoms with Gasteiger partial charge < -0.3 is 5.11 Å². The first-order valence-electron chi connectivity index (χ1n) is 6.10. The van der Waals surface area contributed by atoms with Gasteiger partial charge in [0.15, 0.2) is 0 Å². The molecular weight excluding hydrogens is 299 g/mol. The van der Waals surface area contributed by atoms with E-state index in [1.165, 1.54) is 6.07 Å². The predicted octanol–water partition coefficient (Wildman–Crippen LogP) is 1.43. The number of carboxylic acid groups (broad SMARTS) is 1. The van der Waals surface area contributed by atoms with Crippen molar-refractivity contribution in [1.29, 1.82) is 5.26 Å². The van der Waals surface area contributed by atoms with Crippen LogP contribution in [0.2, 0.25) is 0 Å². The van der Waals surface area contributed by atoms with Crippen LogP contribution in [0, 0.1) is 23.1 Å². The van der Waals surface area contributed by atoms with E-state index in [1.54, 1.807) is 13.8 Å². The van der Waals surface area contributed by atoms with E-state index < -0.39 is 38.8 Å². The number of sulfonamides is 1. The fraction of sp³-hybridized carbons (Fsp3) is 0.385. The van der Waals surface area contributed by atoms with Gasteiger partial charge >= 0.3 is 5.97 Å². The number of carboxylic acids is 1. The van der Waals surface area contributed by atoms with E-state index in [4.69, 9.17) is 10.4 Å². The van der Waals surface area contributed by atoms with E-state index in [0.717, 1.165) is 22.5 Å². The maximum Gasteiger partial charge on any atom is 0.318 e. The molecule has 0 saturated heterocycles. The first-order chi connectivity index (χ1) is 9.70. The summed E-state index contributed by atoms with van der Waals surface area (Å²) in [5.74, 6) is -2.41. The molecule has 0 atom stereocenters. The van der Waals surface area contributed by atoms with Crippen LogP contribution in [0.3, 0.4) is 0 Å². The molecular formula is C13H15FN2O4S. The fourth-order valence-corrected chi connectivity index (χ4v) is 3.48. The highest BCUT2D eigenvalue weighted by molar-refractivity contribution is 7.89. The summed E-state index contributed by atoms with van der Waals surface area (Å²) >= 11 is 0. The summed E-state index contributed by atoms with van der Waals surface area (Å²) in [6.07, 6.45) is 0. The maximum atomic E-state index is 13.5. The van der Waals surface area contributed by atoms with Crippen molar-refractivity contribution in [3.63, 3.8) is 0 Å². The van der Waals surface area contributed by atoms with Gasteiger partial charge in [-0.3, -0.25) is 4.79 Å². The highest BCUT2D eigenvalue weighted by Crippen LogP contribution is 2.22. The number of nitriles is 1. The van der Waals surface area contributed by atoms with Gasteiger partial charge in [0.1, 0.15) is 28.9 Å². The minimum Gasteiger partial charge on any atom is -0.480 e. The third kappa shape index (κ3) is 4.00. The van der Waals surface area contributed by atoms with Gasteiger partial charge in [0.25, 0.3) is 0 Å². The largest absolute Gasteiger partial charge is 0.480 e. The first-order valence-corrected chi connectivity index (χ1v) is 7.54. The zero-order chi connectivity index (χ0) is 16.2. The molecule has 1 N–H and O–H groups in total. The molecule has 1 aromatic carbocycles. The normalized spacial score (nSPS) is 11.6. The van der Waals surface area contributed by atoms with E-state index in [2.05, 4.69) is 0 Å². The van der Waals surface area contributed by atoms with Gasteiger partial charge in [-0.25, -0.2) is 12.8 Å². The monoisotopic (exact) mass is 314 g/mol. The van der Waals surface area contributed by atoms with Gasteiger partial charge in [-0.15, -0.1) is 0 Å². The van der Waals surface area contributed by atoms with E-state index in [0.29, 0.717) is 0 Å². The van der Waals surface area contributed by atoms with Crippen molar-refractivity contribution in [3.8, 4) is 6.07 Å². The molecule has 0 amide bonds. The van der Waals surface area contributed by atoms with E-state index in [9.17, 15) is 17.6 Å². The Labute approximate surface area is 122 Å². The number of carbonyl (C=O) groups is 1. The highest BCUT2D eigenvalue weighted by Gasteiger charge is 2.30. The van der Waals surface area contributed by atoms with Crippen molar-refractivity contribution in [1.82, 2.24) is 4.31 Å². The number of rotatable bonds is 6. The smallest absolute Gasteiger partial charge is 0.318 e. The first kappa shape index (κ1) is 17.1. The van der Waals surface area contributed by atoms with Crippen molar-refractivity contribution < 1.29 is 22.7 Å². The molecule has 0 spiro atoms. The van der Waals surface area contributed by atoms with Gasteiger partial charge in [-0.05, 0) is 18.1 Å². The van der Waals surface area contributed by atoms with Crippen molar-refractivity contribution in [2.45, 2.75) is 18.7 Å². The molecule has 0 aliphatic carbocycles. The van der Waals surface area contributed by atoms with Crippen LogP contribution in [0.5, 0.6) is 0 Å². The second-order valence-electron chi connectivity index (χ2n) is 4.81. The SMILES string of the molecule is CC(C)CN(CC(=O)O)S(=O)(=O)c1cccc(F)c1C#N. The number of benzene rings is 1. The summed E-state index contributed by atoms with van der Waals surface area (Å²) in [5.41, 5.74) is -0.614. The fourth-order valence-electron chi connectivity index (χ4n) is 1.77. The Morgan fingerprint density at radius 3 is 2.57 bits per heavy atom. The molecule has 0 aliphatic heterocycles. The minimum absolute atomic E-state index is 0.0456. The number of hydrogen-bond donors (Lipinski definition) is 1. The van der Waals surface area contributed by atoms with Crippen LogP contribution in [0.4, 0.5) is 4.39 Å². The maximum absolute atomic E-state index is 13.5. The molecule has 0 heterocycles. The molecule has 6 nitrogen and oxygen atoms in total. The summed E-state index contributed by atoms with van der Waals surface area (Å²) < 4.78 is 39.2. The molecule has 0 bridgehead atoms. The van der Waals surface area contributed by atoms with Crippen LogP contribution >= 0.6 is 0 Å². The second kappa shape index (κ2) is 6.65. The number of nitrogens with zero attached hydrogens (tertiary/aromatic N) is 2. The summed E-state index contributed by atoms with van der Waals surface area (Å²) in [5, 5.41) is 17.8. The summed E-state index contributed by atoms with van der Waals surface area (Å²) in [6.45, 7) is 2.65. The molecule has 1 rings (SSSR count). The Morgan fingerprint density at radius 2 is 2.10 bits per heavy atom. The molecule has 0 saturated carbocycles. The van der Waals surface area contributed by atoms with Crippen molar-refractivity contribution >= 4 is 16.0 Å².